The molecule has 1 spiro atoms. The van der Waals surface area contributed by atoms with Crippen molar-refractivity contribution in [2.24, 2.45) is 0 Å². The minimum atomic E-state index is -0.513. The summed E-state index contributed by atoms with van der Waals surface area (Å²) in [6.45, 7) is 0. The van der Waals surface area contributed by atoms with Crippen LogP contribution in [0.4, 0.5) is 0 Å². The molecule has 0 fully saturated rings. The second kappa shape index (κ2) is 11.6. The molecule has 1 atom stereocenters. The van der Waals surface area contributed by atoms with E-state index in [9.17, 15) is 0 Å². The van der Waals surface area contributed by atoms with Gasteiger partial charge in [-0.25, -0.2) is 4.98 Å². The van der Waals surface area contributed by atoms with Crippen LogP contribution >= 0.6 is 11.3 Å². The molecule has 0 saturated heterocycles. The van der Waals surface area contributed by atoms with E-state index in [1.165, 1.54) is 70.2 Å². The van der Waals surface area contributed by atoms with Crippen LogP contribution in [-0.4, -0.2) is 9.55 Å². The smallest absolute Gasteiger partial charge is 0.145 e. The lowest BCUT2D eigenvalue weighted by Gasteiger charge is -2.35. The minimum absolute atomic E-state index is 0.513. The van der Waals surface area contributed by atoms with Crippen LogP contribution in [0.2, 0.25) is 0 Å². The average molecular weight is 717 g/mol. The molecule has 2 aromatic heterocycles. The van der Waals surface area contributed by atoms with Crippen LogP contribution in [0.1, 0.15) is 33.4 Å². The van der Waals surface area contributed by atoms with Crippen molar-refractivity contribution in [3.63, 3.8) is 0 Å². The molecular formula is C52H32N2S. The van der Waals surface area contributed by atoms with Crippen molar-refractivity contribution in [3.05, 3.63) is 215 Å². The van der Waals surface area contributed by atoms with E-state index in [1.807, 2.05) is 11.3 Å². The SMILES string of the molecule is C1=Cc2ccc(-c3ccc4c(c3)nc(-c3ccccc3)n4-c3ccccc3)cc2C2(c3ccccc31)c1ccccc1-c1cc3c(cc12)sc1ccccc13. The summed E-state index contributed by atoms with van der Waals surface area (Å²) in [6, 6.07) is 66.9. The number of rotatable bonds is 3. The minimum Gasteiger partial charge on any atom is -0.292 e. The maximum absolute atomic E-state index is 5.31. The largest absolute Gasteiger partial charge is 0.292 e. The van der Waals surface area contributed by atoms with Crippen molar-refractivity contribution in [1.82, 2.24) is 9.55 Å². The summed E-state index contributed by atoms with van der Waals surface area (Å²) in [6.07, 6.45) is 4.64. The Morgan fingerprint density at radius 1 is 0.436 bits per heavy atom. The third kappa shape index (κ3) is 4.33. The topological polar surface area (TPSA) is 17.8 Å². The highest BCUT2D eigenvalue weighted by Gasteiger charge is 2.48. The third-order valence-electron chi connectivity index (χ3n) is 11.8. The van der Waals surface area contributed by atoms with Gasteiger partial charge in [0.25, 0.3) is 0 Å². The zero-order valence-corrected chi connectivity index (χ0v) is 30.6. The first kappa shape index (κ1) is 30.6. The van der Waals surface area contributed by atoms with Crippen molar-refractivity contribution >= 4 is 54.7 Å². The maximum Gasteiger partial charge on any atom is 0.145 e. The van der Waals surface area contributed by atoms with Gasteiger partial charge in [-0.05, 0) is 104 Å². The number of nitrogens with zero attached hydrogens (tertiary/aromatic N) is 2. The molecule has 12 rings (SSSR count). The highest BCUT2D eigenvalue weighted by molar-refractivity contribution is 7.25. The van der Waals surface area contributed by atoms with Crippen molar-refractivity contribution in [2.45, 2.75) is 5.41 Å². The lowest BCUT2D eigenvalue weighted by atomic mass is 9.65. The van der Waals surface area contributed by atoms with Gasteiger partial charge in [0.2, 0.25) is 0 Å². The van der Waals surface area contributed by atoms with Gasteiger partial charge in [0, 0.05) is 31.4 Å². The summed E-state index contributed by atoms with van der Waals surface area (Å²) in [5, 5.41) is 2.66. The van der Waals surface area contributed by atoms with E-state index in [0.29, 0.717) is 0 Å². The Morgan fingerprint density at radius 3 is 2.00 bits per heavy atom. The number of hydrogen-bond acceptors (Lipinski definition) is 2. The first-order chi connectivity index (χ1) is 27.3. The summed E-state index contributed by atoms with van der Waals surface area (Å²) in [4.78, 5) is 5.31. The predicted octanol–water partition coefficient (Wildman–Crippen LogP) is 13.6. The number of para-hydroxylation sites is 1. The molecule has 55 heavy (non-hydrogen) atoms. The first-order valence-electron chi connectivity index (χ1n) is 18.9. The van der Waals surface area contributed by atoms with Gasteiger partial charge < -0.3 is 0 Å². The molecule has 8 aromatic carbocycles. The van der Waals surface area contributed by atoms with Crippen LogP contribution in [0, 0.1) is 0 Å². The zero-order valence-electron chi connectivity index (χ0n) is 29.8. The number of fused-ring (bicyclic) bond motifs is 13. The number of aromatic nitrogens is 2. The van der Waals surface area contributed by atoms with Crippen LogP contribution in [0.15, 0.2) is 182 Å². The van der Waals surface area contributed by atoms with Crippen LogP contribution in [0.5, 0.6) is 0 Å². The van der Waals surface area contributed by atoms with E-state index in [2.05, 4.69) is 199 Å². The standard InChI is InChI=1S/C52H32N2S/c1-3-14-35(15-4-1)51-53-47-30-37(27-28-48(47)54(51)38-16-5-2-6-17-38)36-26-25-34-24-23-33-13-7-10-20-43(33)52(45(34)29-36)44-21-11-8-18-39(44)41-31-42-40-19-9-12-22-49(40)55-50(42)32-46(41)52/h1-32H. The molecule has 2 heterocycles. The van der Waals surface area contributed by atoms with Gasteiger partial charge in [0.1, 0.15) is 5.82 Å². The second-order valence-corrected chi connectivity index (χ2v) is 15.8. The normalized spacial score (nSPS) is 15.3. The summed E-state index contributed by atoms with van der Waals surface area (Å²) in [5.74, 6) is 0.938. The Hall–Kier alpha value is -6.81. The molecule has 0 N–H and O–H groups in total. The number of benzene rings is 8. The monoisotopic (exact) mass is 716 g/mol. The Labute approximate surface area is 322 Å². The fraction of sp³-hybridized carbons (Fsp3) is 0.0192. The second-order valence-electron chi connectivity index (χ2n) is 14.7. The molecule has 2 aliphatic carbocycles. The molecular weight excluding hydrogens is 685 g/mol. The predicted molar refractivity (Wildman–Crippen MR) is 231 cm³/mol. The van der Waals surface area contributed by atoms with Crippen LogP contribution in [-0.2, 0) is 5.41 Å². The van der Waals surface area contributed by atoms with Gasteiger partial charge in [0.05, 0.1) is 16.4 Å². The number of hydrogen-bond donors (Lipinski definition) is 0. The van der Waals surface area contributed by atoms with Crippen LogP contribution < -0.4 is 0 Å². The van der Waals surface area contributed by atoms with Gasteiger partial charge >= 0.3 is 0 Å². The lowest BCUT2D eigenvalue weighted by molar-refractivity contribution is 0.768. The van der Waals surface area contributed by atoms with Crippen molar-refractivity contribution < 1.29 is 0 Å². The molecule has 1 unspecified atom stereocenters. The molecule has 0 aliphatic heterocycles. The molecule has 0 bridgehead atoms. The molecule has 3 heteroatoms. The van der Waals surface area contributed by atoms with E-state index in [1.54, 1.807) is 0 Å². The summed E-state index contributed by atoms with van der Waals surface area (Å²) >= 11 is 1.90. The maximum atomic E-state index is 5.31. The van der Waals surface area contributed by atoms with Gasteiger partial charge in [0.15, 0.2) is 0 Å². The molecule has 0 radical (unpaired) electrons. The molecule has 0 amide bonds. The summed E-state index contributed by atoms with van der Waals surface area (Å²) in [7, 11) is 0. The highest BCUT2D eigenvalue weighted by atomic mass is 32.1. The quantitative estimate of drug-likeness (QED) is 0.178. The van der Waals surface area contributed by atoms with E-state index in [0.717, 1.165) is 33.7 Å². The van der Waals surface area contributed by atoms with Gasteiger partial charge in [-0.2, -0.15) is 0 Å². The van der Waals surface area contributed by atoms with Gasteiger partial charge in [-0.15, -0.1) is 11.3 Å². The third-order valence-corrected chi connectivity index (χ3v) is 13.0. The van der Waals surface area contributed by atoms with Gasteiger partial charge in [-0.3, -0.25) is 4.57 Å². The van der Waals surface area contributed by atoms with E-state index >= 15 is 0 Å². The van der Waals surface area contributed by atoms with Crippen molar-refractivity contribution in [2.75, 3.05) is 0 Å². The fourth-order valence-electron chi connectivity index (χ4n) is 9.47. The molecule has 2 nitrogen and oxygen atoms in total. The molecule has 2 aliphatic rings. The number of thiophene rings is 1. The average Bonchev–Trinajstić information content (AvgIpc) is 3.87. The molecule has 0 saturated carbocycles. The highest BCUT2D eigenvalue weighted by Crippen LogP contribution is 2.60. The van der Waals surface area contributed by atoms with Crippen LogP contribution in [0.25, 0.3) is 82.7 Å². The Bertz CT molecular complexity index is 3200. The number of imidazole rings is 1. The van der Waals surface area contributed by atoms with Crippen molar-refractivity contribution in [1.29, 1.82) is 0 Å². The van der Waals surface area contributed by atoms with E-state index < -0.39 is 5.41 Å². The first-order valence-corrected chi connectivity index (χ1v) is 19.7. The Kier molecular flexibility index (Phi) is 6.46. The Morgan fingerprint density at radius 2 is 1.13 bits per heavy atom. The van der Waals surface area contributed by atoms with E-state index in [4.69, 9.17) is 4.98 Å². The van der Waals surface area contributed by atoms with Crippen LogP contribution in [0.3, 0.4) is 0 Å². The fourth-order valence-corrected chi connectivity index (χ4v) is 10.6. The lowest BCUT2D eigenvalue weighted by Crippen LogP contribution is -2.30. The summed E-state index contributed by atoms with van der Waals surface area (Å²) in [5.41, 5.74) is 16.5. The summed E-state index contributed by atoms with van der Waals surface area (Å²) < 4.78 is 4.94. The molecule has 10 aromatic rings. The van der Waals surface area contributed by atoms with E-state index in [-0.39, 0.29) is 0 Å². The van der Waals surface area contributed by atoms with Gasteiger partial charge in [-0.1, -0.05) is 146 Å². The Balaban J connectivity index is 1.12. The molecule has 256 valence electrons. The zero-order chi connectivity index (χ0) is 36.1. The van der Waals surface area contributed by atoms with Crippen molar-refractivity contribution in [3.8, 4) is 39.3 Å².